The molecule has 0 amide bonds. The zero-order valence-corrected chi connectivity index (χ0v) is 21.8. The number of fused-ring (bicyclic) bond motifs is 5. The van der Waals surface area contributed by atoms with E-state index >= 15 is 0 Å². The molecule has 8 atom stereocenters. The van der Waals surface area contributed by atoms with E-state index in [1.807, 2.05) is 0 Å². The SMILES string of the molecule is CCCC(O)(CCC)CC[C@@H](C)[C@H]1CC[C@H]2[C@@H]3CC=C4C[C@@H](O)CC[C@]4(C)[C@H]3CC[C@]12C. The molecule has 2 N–H and O–H groups in total. The molecule has 0 saturated heterocycles. The summed E-state index contributed by atoms with van der Waals surface area (Å²) in [5, 5.41) is 21.4. The lowest BCUT2D eigenvalue weighted by Gasteiger charge is -2.58. The highest BCUT2D eigenvalue weighted by atomic mass is 16.3. The molecule has 0 aromatic carbocycles. The summed E-state index contributed by atoms with van der Waals surface area (Å²) in [7, 11) is 0. The van der Waals surface area contributed by atoms with Gasteiger partial charge >= 0.3 is 0 Å². The van der Waals surface area contributed by atoms with Gasteiger partial charge in [-0.3, -0.25) is 0 Å². The first-order valence-corrected chi connectivity index (χ1v) is 14.3. The average Bonchev–Trinajstić information content (AvgIpc) is 3.10. The zero-order valence-electron chi connectivity index (χ0n) is 21.8. The molecule has 0 aromatic rings. The average molecular weight is 445 g/mol. The van der Waals surface area contributed by atoms with Crippen molar-refractivity contribution in [2.24, 2.45) is 40.4 Å². The van der Waals surface area contributed by atoms with E-state index in [-0.39, 0.29) is 6.10 Å². The fraction of sp³-hybridized carbons (Fsp3) is 0.933. The maximum Gasteiger partial charge on any atom is 0.0647 e. The first-order valence-electron chi connectivity index (χ1n) is 14.3. The lowest BCUT2D eigenvalue weighted by Crippen LogP contribution is -2.50. The van der Waals surface area contributed by atoms with Gasteiger partial charge in [0.2, 0.25) is 0 Å². The van der Waals surface area contributed by atoms with Crippen molar-refractivity contribution in [1.29, 1.82) is 0 Å². The van der Waals surface area contributed by atoms with Crippen LogP contribution >= 0.6 is 0 Å². The molecule has 3 saturated carbocycles. The summed E-state index contributed by atoms with van der Waals surface area (Å²) in [6.07, 6.45) is 18.7. The van der Waals surface area contributed by atoms with Crippen LogP contribution in [0.25, 0.3) is 0 Å². The van der Waals surface area contributed by atoms with E-state index in [0.29, 0.717) is 10.8 Å². The Hall–Kier alpha value is -0.340. The van der Waals surface area contributed by atoms with Crippen molar-refractivity contribution in [3.63, 3.8) is 0 Å². The first-order chi connectivity index (χ1) is 15.2. The molecule has 0 radical (unpaired) electrons. The molecule has 0 heterocycles. The molecule has 4 rings (SSSR count). The van der Waals surface area contributed by atoms with Gasteiger partial charge in [0.15, 0.2) is 0 Å². The summed E-state index contributed by atoms with van der Waals surface area (Å²) in [6, 6.07) is 0. The Morgan fingerprint density at radius 2 is 1.72 bits per heavy atom. The molecule has 4 aliphatic carbocycles. The molecule has 0 spiro atoms. The molecule has 0 aliphatic heterocycles. The second kappa shape index (κ2) is 9.37. The van der Waals surface area contributed by atoms with E-state index in [1.165, 1.54) is 44.9 Å². The third-order valence-corrected chi connectivity index (χ3v) is 11.3. The van der Waals surface area contributed by atoms with Crippen molar-refractivity contribution in [1.82, 2.24) is 0 Å². The fourth-order valence-corrected chi connectivity index (χ4v) is 9.62. The van der Waals surface area contributed by atoms with Gasteiger partial charge in [0.1, 0.15) is 0 Å². The van der Waals surface area contributed by atoms with Crippen LogP contribution < -0.4 is 0 Å². The molecule has 32 heavy (non-hydrogen) atoms. The van der Waals surface area contributed by atoms with Gasteiger partial charge in [-0.25, -0.2) is 0 Å². The normalized spacial score (nSPS) is 42.6. The summed E-state index contributed by atoms with van der Waals surface area (Å²) in [6.45, 7) is 12.1. The number of rotatable bonds is 8. The quantitative estimate of drug-likeness (QED) is 0.377. The standard InChI is InChI=1S/C30H52O2/c1-6-15-30(32,16-7-2)19-12-21(3)25-10-11-26-24-9-8-22-20-23(31)13-17-28(22,4)27(24)14-18-29(25,26)5/h8,21,23-27,31-32H,6-7,9-20H2,1-5H3/t21-,23+,24+,25-,26+,27+,28+,29-/m1/s1. The number of aliphatic hydroxyl groups excluding tert-OH is 1. The predicted octanol–water partition coefficient (Wildman–Crippen LogP) is 7.67. The number of aliphatic hydroxyl groups is 2. The molecule has 2 heteroatoms. The van der Waals surface area contributed by atoms with E-state index in [4.69, 9.17) is 0 Å². The Kier molecular flexibility index (Phi) is 7.25. The lowest BCUT2D eigenvalue weighted by molar-refractivity contribution is -0.0597. The second-order valence-corrected chi connectivity index (χ2v) is 13.1. The maximum absolute atomic E-state index is 11.2. The molecule has 0 aromatic heterocycles. The minimum atomic E-state index is -0.432. The highest BCUT2D eigenvalue weighted by Crippen LogP contribution is 2.67. The third-order valence-electron chi connectivity index (χ3n) is 11.3. The highest BCUT2D eigenvalue weighted by molar-refractivity contribution is 5.25. The van der Waals surface area contributed by atoms with Crippen LogP contribution in [0.1, 0.15) is 125 Å². The van der Waals surface area contributed by atoms with Crippen LogP contribution in [-0.2, 0) is 0 Å². The van der Waals surface area contributed by atoms with E-state index in [2.05, 4.69) is 40.7 Å². The number of hydrogen-bond acceptors (Lipinski definition) is 2. The van der Waals surface area contributed by atoms with Crippen LogP contribution in [0.4, 0.5) is 0 Å². The fourth-order valence-electron chi connectivity index (χ4n) is 9.62. The van der Waals surface area contributed by atoms with E-state index in [0.717, 1.165) is 74.5 Å². The largest absolute Gasteiger partial charge is 0.393 e. The van der Waals surface area contributed by atoms with E-state index < -0.39 is 5.60 Å². The monoisotopic (exact) mass is 444 g/mol. The first kappa shape index (κ1) is 24.8. The van der Waals surface area contributed by atoms with Crippen LogP contribution in [-0.4, -0.2) is 21.9 Å². The van der Waals surface area contributed by atoms with Crippen LogP contribution in [0.15, 0.2) is 11.6 Å². The lowest BCUT2D eigenvalue weighted by atomic mass is 9.47. The van der Waals surface area contributed by atoms with Gasteiger partial charge in [-0.15, -0.1) is 0 Å². The van der Waals surface area contributed by atoms with Crippen molar-refractivity contribution < 1.29 is 10.2 Å². The molecule has 184 valence electrons. The summed E-state index contributed by atoms with van der Waals surface area (Å²) in [5.74, 6) is 4.11. The summed E-state index contributed by atoms with van der Waals surface area (Å²) >= 11 is 0. The van der Waals surface area contributed by atoms with Gasteiger partial charge in [0, 0.05) is 0 Å². The Morgan fingerprint density at radius 1 is 1.00 bits per heavy atom. The molecular weight excluding hydrogens is 392 g/mol. The molecule has 2 nitrogen and oxygen atoms in total. The van der Waals surface area contributed by atoms with Crippen molar-refractivity contribution in [3.8, 4) is 0 Å². The van der Waals surface area contributed by atoms with Gasteiger partial charge in [0.25, 0.3) is 0 Å². The van der Waals surface area contributed by atoms with Crippen molar-refractivity contribution in [2.45, 2.75) is 136 Å². The Labute approximate surface area is 198 Å². The smallest absolute Gasteiger partial charge is 0.0647 e. The van der Waals surface area contributed by atoms with Crippen LogP contribution in [0.2, 0.25) is 0 Å². The maximum atomic E-state index is 11.2. The second-order valence-electron chi connectivity index (χ2n) is 13.1. The topological polar surface area (TPSA) is 40.5 Å². The van der Waals surface area contributed by atoms with Crippen molar-refractivity contribution >= 4 is 0 Å². The zero-order chi connectivity index (χ0) is 23.1. The van der Waals surface area contributed by atoms with Crippen molar-refractivity contribution in [2.75, 3.05) is 0 Å². The Bertz CT molecular complexity index is 676. The van der Waals surface area contributed by atoms with Crippen LogP contribution in [0.3, 0.4) is 0 Å². The van der Waals surface area contributed by atoms with E-state index in [9.17, 15) is 10.2 Å². The third kappa shape index (κ3) is 4.26. The minimum absolute atomic E-state index is 0.101. The summed E-state index contributed by atoms with van der Waals surface area (Å²) < 4.78 is 0. The van der Waals surface area contributed by atoms with Crippen LogP contribution in [0.5, 0.6) is 0 Å². The molecular formula is C30H52O2. The van der Waals surface area contributed by atoms with Crippen LogP contribution in [0, 0.1) is 40.4 Å². The number of hydrogen-bond donors (Lipinski definition) is 2. The predicted molar refractivity (Wildman–Crippen MR) is 134 cm³/mol. The van der Waals surface area contributed by atoms with E-state index in [1.54, 1.807) is 5.57 Å². The molecule has 3 fully saturated rings. The Balaban J connectivity index is 1.46. The van der Waals surface area contributed by atoms with Crippen molar-refractivity contribution in [3.05, 3.63) is 11.6 Å². The van der Waals surface area contributed by atoms with Gasteiger partial charge in [0.05, 0.1) is 11.7 Å². The summed E-state index contributed by atoms with van der Waals surface area (Å²) in [5.41, 5.74) is 2.00. The Morgan fingerprint density at radius 3 is 2.41 bits per heavy atom. The summed E-state index contributed by atoms with van der Waals surface area (Å²) in [4.78, 5) is 0. The van der Waals surface area contributed by atoms with Gasteiger partial charge < -0.3 is 10.2 Å². The number of allylic oxidation sites excluding steroid dienone is 1. The van der Waals surface area contributed by atoms with Gasteiger partial charge in [-0.2, -0.15) is 0 Å². The van der Waals surface area contributed by atoms with Gasteiger partial charge in [-0.1, -0.05) is 59.1 Å². The molecule has 4 aliphatic rings. The molecule has 0 bridgehead atoms. The minimum Gasteiger partial charge on any atom is -0.393 e. The highest BCUT2D eigenvalue weighted by Gasteiger charge is 2.59. The molecule has 0 unspecified atom stereocenters. The van der Waals surface area contributed by atoms with Gasteiger partial charge in [-0.05, 0) is 117 Å².